The summed E-state index contributed by atoms with van der Waals surface area (Å²) in [6.45, 7) is 2.13. The van der Waals surface area contributed by atoms with Gasteiger partial charge in [-0.05, 0) is 37.5 Å². The molecule has 0 unspecified atom stereocenters. The summed E-state index contributed by atoms with van der Waals surface area (Å²) in [5.41, 5.74) is 0.584. The third kappa shape index (κ3) is 3.97. The number of hydrogen-bond donors (Lipinski definition) is 2. The molecule has 0 atom stereocenters. The fourth-order valence-electron chi connectivity index (χ4n) is 2.84. The molecule has 0 spiro atoms. The lowest BCUT2D eigenvalue weighted by molar-refractivity contribution is 0.0867. The van der Waals surface area contributed by atoms with Gasteiger partial charge in [0.2, 0.25) is 10.0 Å². The summed E-state index contributed by atoms with van der Waals surface area (Å²) in [6.07, 6.45) is 4.93. The smallest absolute Gasteiger partial charge is 0.242 e. The van der Waals surface area contributed by atoms with Gasteiger partial charge in [-0.1, -0.05) is 36.9 Å². The molecule has 0 saturated heterocycles. The third-order valence-electron chi connectivity index (χ3n) is 4.26. The molecule has 1 aromatic rings. The molecule has 2 N–H and O–H groups in total. The number of nitrogens with one attached hydrogen (secondary N) is 1. The van der Waals surface area contributed by atoms with Gasteiger partial charge in [-0.15, -0.1) is 0 Å². The average molecular weight is 332 g/mol. The second-order valence-electron chi connectivity index (χ2n) is 5.98. The van der Waals surface area contributed by atoms with E-state index in [1.54, 1.807) is 12.1 Å². The number of benzene rings is 1. The van der Waals surface area contributed by atoms with Gasteiger partial charge in [0.15, 0.2) is 0 Å². The van der Waals surface area contributed by atoms with E-state index in [2.05, 4.69) is 4.72 Å². The minimum absolute atomic E-state index is 0.0111. The fourth-order valence-corrected chi connectivity index (χ4v) is 4.60. The van der Waals surface area contributed by atoms with Crippen molar-refractivity contribution in [3.8, 4) is 0 Å². The first-order chi connectivity index (χ1) is 9.88. The highest BCUT2D eigenvalue weighted by Gasteiger charge is 2.33. The summed E-state index contributed by atoms with van der Waals surface area (Å²) in [5, 5.41) is 9.87. The Labute approximate surface area is 131 Å². The molecule has 6 heteroatoms. The number of rotatable bonds is 5. The van der Waals surface area contributed by atoms with Crippen molar-refractivity contribution in [2.75, 3.05) is 13.2 Å². The Bertz CT molecular complexity index is 595. The molecule has 21 heavy (non-hydrogen) atoms. The van der Waals surface area contributed by atoms with Gasteiger partial charge in [0.05, 0.1) is 5.02 Å². The second-order valence-corrected chi connectivity index (χ2v) is 8.12. The maximum atomic E-state index is 12.4. The molecular formula is C15H22ClNO3S. The molecule has 118 valence electrons. The van der Waals surface area contributed by atoms with Crippen molar-refractivity contribution in [3.05, 3.63) is 28.8 Å². The van der Waals surface area contributed by atoms with Crippen LogP contribution in [0.1, 0.15) is 37.7 Å². The summed E-state index contributed by atoms with van der Waals surface area (Å²) in [5.74, 6) is 0. The zero-order valence-electron chi connectivity index (χ0n) is 12.2. The molecule has 4 nitrogen and oxygen atoms in total. The van der Waals surface area contributed by atoms with Crippen LogP contribution in [0.25, 0.3) is 0 Å². The van der Waals surface area contributed by atoms with Gasteiger partial charge >= 0.3 is 0 Å². The Kier molecular flexibility index (Phi) is 5.30. The Morgan fingerprint density at radius 3 is 2.52 bits per heavy atom. The van der Waals surface area contributed by atoms with Crippen LogP contribution in [0.3, 0.4) is 0 Å². The predicted molar refractivity (Wildman–Crippen MR) is 84.0 cm³/mol. The quantitative estimate of drug-likeness (QED) is 0.871. The molecule has 0 amide bonds. The first-order valence-corrected chi connectivity index (χ1v) is 9.11. The van der Waals surface area contributed by atoms with Crippen LogP contribution >= 0.6 is 11.6 Å². The van der Waals surface area contributed by atoms with E-state index in [1.807, 2.05) is 6.92 Å². The topological polar surface area (TPSA) is 66.4 Å². The number of aryl methyl sites for hydroxylation is 1. The number of aliphatic hydroxyl groups excluding tert-OH is 1. The first kappa shape index (κ1) is 16.7. The zero-order valence-corrected chi connectivity index (χ0v) is 13.8. The second kappa shape index (κ2) is 6.65. The molecule has 1 aliphatic rings. The van der Waals surface area contributed by atoms with Crippen LogP contribution in [0.2, 0.25) is 5.02 Å². The van der Waals surface area contributed by atoms with E-state index < -0.39 is 10.0 Å². The van der Waals surface area contributed by atoms with E-state index in [-0.39, 0.29) is 28.5 Å². The molecule has 1 fully saturated rings. The molecule has 2 rings (SSSR count). The van der Waals surface area contributed by atoms with Crippen molar-refractivity contribution in [1.29, 1.82) is 0 Å². The fraction of sp³-hybridized carbons (Fsp3) is 0.600. The highest BCUT2D eigenvalue weighted by atomic mass is 35.5. The monoisotopic (exact) mass is 331 g/mol. The number of hydrogen-bond acceptors (Lipinski definition) is 3. The normalized spacial score (nSPS) is 18.6. The van der Waals surface area contributed by atoms with Crippen molar-refractivity contribution in [1.82, 2.24) is 4.72 Å². The maximum absolute atomic E-state index is 12.4. The van der Waals surface area contributed by atoms with E-state index in [4.69, 9.17) is 11.6 Å². The van der Waals surface area contributed by atoms with Crippen molar-refractivity contribution in [3.63, 3.8) is 0 Å². The van der Waals surface area contributed by atoms with Gasteiger partial charge in [-0.25, -0.2) is 13.1 Å². The Balaban J connectivity index is 2.13. The van der Waals surface area contributed by atoms with Gasteiger partial charge in [-0.2, -0.15) is 0 Å². The van der Waals surface area contributed by atoms with Crippen molar-refractivity contribution in [2.45, 2.75) is 43.9 Å². The summed E-state index contributed by atoms with van der Waals surface area (Å²) in [6, 6.07) is 4.88. The van der Waals surface area contributed by atoms with Crippen LogP contribution in [0.4, 0.5) is 0 Å². The Morgan fingerprint density at radius 2 is 1.95 bits per heavy atom. The Morgan fingerprint density at radius 1 is 1.29 bits per heavy atom. The van der Waals surface area contributed by atoms with Crippen LogP contribution in [0, 0.1) is 12.3 Å². The lowest BCUT2D eigenvalue weighted by atomic mass is 9.75. The van der Waals surface area contributed by atoms with Gasteiger partial charge in [0.25, 0.3) is 0 Å². The molecule has 0 bridgehead atoms. The van der Waals surface area contributed by atoms with Crippen LogP contribution in [0.5, 0.6) is 0 Å². The highest BCUT2D eigenvalue weighted by Crippen LogP contribution is 2.35. The molecule has 0 aliphatic heterocycles. The SMILES string of the molecule is Cc1ccc(S(=O)(=O)NCC2(CO)CCCCC2)c(Cl)c1. The van der Waals surface area contributed by atoms with E-state index in [0.717, 1.165) is 37.7 Å². The molecule has 0 aromatic heterocycles. The third-order valence-corrected chi connectivity index (χ3v) is 6.15. The number of halogens is 1. The molecule has 0 radical (unpaired) electrons. The summed E-state index contributed by atoms with van der Waals surface area (Å²) < 4.78 is 27.4. The van der Waals surface area contributed by atoms with E-state index >= 15 is 0 Å². The minimum Gasteiger partial charge on any atom is -0.396 e. The summed E-state index contributed by atoms with van der Waals surface area (Å²) in [4.78, 5) is 0.0960. The molecule has 0 heterocycles. The van der Waals surface area contributed by atoms with Gasteiger partial charge in [-0.3, -0.25) is 0 Å². The Hall–Kier alpha value is -0.620. The van der Waals surface area contributed by atoms with E-state index in [9.17, 15) is 13.5 Å². The molecule has 1 aromatic carbocycles. The lowest BCUT2D eigenvalue weighted by Crippen LogP contribution is -2.41. The first-order valence-electron chi connectivity index (χ1n) is 7.25. The van der Waals surface area contributed by atoms with Crippen LogP contribution < -0.4 is 4.72 Å². The standard InChI is InChI=1S/C15H22ClNO3S/c1-12-5-6-14(13(16)9-12)21(19,20)17-10-15(11-18)7-3-2-4-8-15/h5-6,9,17-18H,2-4,7-8,10-11H2,1H3. The maximum Gasteiger partial charge on any atom is 0.242 e. The van der Waals surface area contributed by atoms with Crippen LogP contribution in [-0.4, -0.2) is 26.7 Å². The zero-order chi connectivity index (χ0) is 15.5. The van der Waals surface area contributed by atoms with Gasteiger partial charge in [0.1, 0.15) is 4.90 Å². The van der Waals surface area contributed by atoms with Crippen LogP contribution in [0.15, 0.2) is 23.1 Å². The minimum atomic E-state index is -3.65. The largest absolute Gasteiger partial charge is 0.396 e. The van der Waals surface area contributed by atoms with Crippen LogP contribution in [-0.2, 0) is 10.0 Å². The average Bonchev–Trinajstić information content (AvgIpc) is 2.46. The molecule has 1 saturated carbocycles. The highest BCUT2D eigenvalue weighted by molar-refractivity contribution is 7.89. The summed E-state index contributed by atoms with van der Waals surface area (Å²) >= 11 is 6.04. The molecule has 1 aliphatic carbocycles. The van der Waals surface area contributed by atoms with Gasteiger partial charge < -0.3 is 5.11 Å². The summed E-state index contributed by atoms with van der Waals surface area (Å²) in [7, 11) is -3.65. The molecular weight excluding hydrogens is 310 g/mol. The van der Waals surface area contributed by atoms with E-state index in [1.165, 1.54) is 6.07 Å². The van der Waals surface area contributed by atoms with E-state index in [0.29, 0.717) is 0 Å². The van der Waals surface area contributed by atoms with Crippen molar-refractivity contribution in [2.24, 2.45) is 5.41 Å². The number of sulfonamides is 1. The van der Waals surface area contributed by atoms with Crippen molar-refractivity contribution < 1.29 is 13.5 Å². The number of aliphatic hydroxyl groups is 1. The van der Waals surface area contributed by atoms with Crippen molar-refractivity contribution >= 4 is 21.6 Å². The lowest BCUT2D eigenvalue weighted by Gasteiger charge is -2.35. The predicted octanol–water partition coefficient (Wildman–Crippen LogP) is 2.87. The van der Waals surface area contributed by atoms with Gasteiger partial charge in [0, 0.05) is 18.6 Å².